The van der Waals surface area contributed by atoms with Crippen molar-refractivity contribution in [3.05, 3.63) is 70.8 Å². The van der Waals surface area contributed by atoms with E-state index in [-0.39, 0.29) is 52.9 Å². The van der Waals surface area contributed by atoms with E-state index in [1.165, 1.54) is 37.5 Å². The number of nitrogens with zero attached hydrogens (tertiary/aromatic N) is 6. The average molecular weight is 773 g/mol. The Morgan fingerprint density at radius 2 is 1.31 bits per heavy atom. The number of carboxylic acid groups (broad SMARTS) is 1. The number of halogens is 1. The van der Waals surface area contributed by atoms with Crippen LogP contribution in [0.2, 0.25) is 5.15 Å². The van der Waals surface area contributed by atoms with Crippen LogP contribution in [0.3, 0.4) is 0 Å². The molecule has 17 heteroatoms. The monoisotopic (exact) mass is 772 g/mol. The number of hydrogen-bond donors (Lipinski definition) is 1. The average Bonchev–Trinajstić information content (AvgIpc) is 3.17. The summed E-state index contributed by atoms with van der Waals surface area (Å²) < 4.78 is 20.2. The number of carbonyl (C=O) groups is 3. The molecule has 1 aliphatic rings. The summed E-state index contributed by atoms with van der Waals surface area (Å²) in [7, 11) is 0. The van der Waals surface area contributed by atoms with Crippen LogP contribution in [0.4, 0.5) is 0 Å². The van der Waals surface area contributed by atoms with Crippen molar-refractivity contribution < 1.29 is 62.8 Å². The Kier molecular flexibility index (Phi) is 31.9. The molecule has 2 N–H and O–H groups in total. The number of unbranched alkanes of at least 4 members (excludes halogenated alkanes) is 2. The van der Waals surface area contributed by atoms with Crippen LogP contribution < -0.4 is 18.9 Å². The molecule has 0 aliphatic carbocycles. The molecule has 1 atom stereocenters. The van der Waals surface area contributed by atoms with Crippen LogP contribution in [0.25, 0.3) is 0 Å². The maximum atomic E-state index is 11.4. The predicted octanol–water partition coefficient (Wildman–Crippen LogP) is 2.82. The van der Waals surface area contributed by atoms with Crippen molar-refractivity contribution in [2.45, 2.75) is 85.4 Å². The Bertz CT molecular complexity index is 1730. The molecule has 55 heavy (non-hydrogen) atoms. The molecular formula is C38H46ClLiN6O9. The van der Waals surface area contributed by atoms with Gasteiger partial charge in [-0.25, -0.2) is 44.3 Å². The number of esters is 2. The van der Waals surface area contributed by atoms with Crippen molar-refractivity contribution in [3.63, 3.8) is 0 Å². The minimum absolute atomic E-state index is 0. The van der Waals surface area contributed by atoms with E-state index in [9.17, 15) is 14.4 Å². The molecule has 0 saturated carbocycles. The van der Waals surface area contributed by atoms with Gasteiger partial charge in [-0.1, -0.05) is 37.3 Å². The number of carboxylic acids is 1. The molecule has 0 spiro atoms. The first-order chi connectivity index (χ1) is 25.7. The van der Waals surface area contributed by atoms with Crippen molar-refractivity contribution in [2.75, 3.05) is 26.4 Å². The quantitative estimate of drug-likeness (QED) is 0.103. The fraction of sp³-hybridized carbons (Fsp3) is 0.447. The van der Waals surface area contributed by atoms with Gasteiger partial charge in [-0.15, -0.1) is 12.3 Å². The van der Waals surface area contributed by atoms with Gasteiger partial charge in [0.15, 0.2) is 23.4 Å². The maximum Gasteiger partial charge on any atom is 1.00 e. The molecule has 1 unspecified atom stereocenters. The first-order valence-electron chi connectivity index (χ1n) is 17.0. The van der Waals surface area contributed by atoms with Gasteiger partial charge in [0.05, 0.1) is 19.8 Å². The van der Waals surface area contributed by atoms with Gasteiger partial charge >= 0.3 is 36.8 Å². The van der Waals surface area contributed by atoms with Crippen LogP contribution in [0.5, 0.6) is 0 Å². The van der Waals surface area contributed by atoms with Gasteiger partial charge in [0.1, 0.15) is 35.5 Å². The van der Waals surface area contributed by atoms with Crippen LogP contribution in [0.15, 0.2) is 37.2 Å². The first-order valence-corrected chi connectivity index (χ1v) is 17.4. The van der Waals surface area contributed by atoms with Gasteiger partial charge in [-0.2, -0.15) is 0 Å². The Labute approximate surface area is 339 Å². The SMILES string of the molecule is C#CCCOC1CCCCO1.CCCC#Cc1cc(C(=O)O)ncn1.CCCC#Cc1cc(C(=O)OCC)ncn1.CCOC(=O)c1cc(Cl)ncn1.[Li+].[OH-]. The maximum absolute atomic E-state index is 11.4. The minimum atomic E-state index is -1.06. The Morgan fingerprint density at radius 1 is 0.800 bits per heavy atom. The zero-order valence-electron chi connectivity index (χ0n) is 31.9. The molecule has 3 aromatic rings. The Balaban J connectivity index is 0. The summed E-state index contributed by atoms with van der Waals surface area (Å²) in [5, 5.41) is 8.87. The van der Waals surface area contributed by atoms with Crippen molar-refractivity contribution >= 4 is 29.5 Å². The topological polar surface area (TPSA) is 216 Å². The molecule has 15 nitrogen and oxygen atoms in total. The third-order valence-corrected chi connectivity index (χ3v) is 6.23. The fourth-order valence-electron chi connectivity index (χ4n) is 3.58. The van der Waals surface area contributed by atoms with Crippen LogP contribution in [0.1, 0.15) is 122 Å². The summed E-state index contributed by atoms with van der Waals surface area (Å²) in [5.41, 5.74) is 1.40. The predicted molar refractivity (Wildman–Crippen MR) is 198 cm³/mol. The molecule has 1 aliphatic heterocycles. The van der Waals surface area contributed by atoms with Crippen LogP contribution in [0, 0.1) is 36.0 Å². The summed E-state index contributed by atoms with van der Waals surface area (Å²) in [5.74, 6) is 12.0. The van der Waals surface area contributed by atoms with E-state index in [0.717, 1.165) is 45.1 Å². The number of hydrogen-bond acceptors (Lipinski definition) is 14. The minimum Gasteiger partial charge on any atom is -0.870 e. The first kappa shape index (κ1) is 52.2. The number of terminal acetylenes is 1. The zero-order valence-corrected chi connectivity index (χ0v) is 32.7. The molecule has 3 aromatic heterocycles. The second kappa shape index (κ2) is 33.7. The van der Waals surface area contributed by atoms with Gasteiger partial charge in [0.25, 0.3) is 0 Å². The number of ether oxygens (including phenoxy) is 4. The summed E-state index contributed by atoms with van der Waals surface area (Å²) in [6.45, 7) is 9.67. The third-order valence-electron chi connectivity index (χ3n) is 6.03. The van der Waals surface area contributed by atoms with E-state index < -0.39 is 17.9 Å². The molecule has 4 rings (SSSR count). The summed E-state index contributed by atoms with van der Waals surface area (Å²) >= 11 is 5.53. The van der Waals surface area contributed by atoms with Crippen molar-refractivity contribution in [1.82, 2.24) is 29.9 Å². The molecular weight excluding hydrogens is 727 g/mol. The summed E-state index contributed by atoms with van der Waals surface area (Å²) in [4.78, 5) is 55.5. The van der Waals surface area contributed by atoms with Crippen molar-refractivity contribution in [3.8, 4) is 36.0 Å². The molecule has 0 aromatic carbocycles. The number of carbonyl (C=O) groups excluding carboxylic acids is 2. The van der Waals surface area contributed by atoms with Gasteiger partial charge < -0.3 is 29.5 Å². The van der Waals surface area contributed by atoms with Gasteiger partial charge in [0, 0.05) is 44.1 Å². The van der Waals surface area contributed by atoms with E-state index in [2.05, 4.69) is 66.4 Å². The number of rotatable bonds is 10. The van der Waals surface area contributed by atoms with Gasteiger partial charge in [0.2, 0.25) is 0 Å². The fourth-order valence-corrected chi connectivity index (χ4v) is 3.73. The normalized spacial score (nSPS) is 11.9. The number of aromatic nitrogens is 6. The van der Waals surface area contributed by atoms with Gasteiger partial charge in [-0.3, -0.25) is 0 Å². The second-order valence-electron chi connectivity index (χ2n) is 10.3. The largest absolute Gasteiger partial charge is 1.00 e. The standard InChI is InChI=1S/C12H14N2O2.C10H10N2O2.C9H14O2.C7H7ClN2O2.Li.H2O/c1-3-5-6-7-10-8-11(14-9-13-10)12(15)16-4-2;1-2-3-4-5-8-6-9(10(13)14)12-7-11-8;1-2-3-7-10-9-6-4-5-8-11-9;1-2-12-7(11)5-3-6(8)10-4-9-5;;/h8-9H,3-5H2,1-2H3;6-7H,2-3H2,1H3,(H,13,14);1,9H,3-8H2;3-4H,2H2,1H3;;1H2/q;;;;+1;/p-1. The molecule has 1 saturated heterocycles. The summed E-state index contributed by atoms with van der Waals surface area (Å²) in [6.07, 6.45) is 16.5. The van der Waals surface area contributed by atoms with E-state index in [1.807, 2.05) is 6.92 Å². The molecule has 290 valence electrons. The molecule has 4 heterocycles. The van der Waals surface area contributed by atoms with Crippen LogP contribution in [-0.4, -0.2) is 91.1 Å². The summed E-state index contributed by atoms with van der Waals surface area (Å²) in [6, 6.07) is 4.27. The Hall–Kier alpha value is -4.90. The van der Waals surface area contributed by atoms with E-state index in [1.54, 1.807) is 19.9 Å². The molecule has 0 radical (unpaired) electrons. The van der Waals surface area contributed by atoms with E-state index in [0.29, 0.717) is 37.6 Å². The second-order valence-corrected chi connectivity index (χ2v) is 10.7. The Morgan fingerprint density at radius 3 is 1.76 bits per heavy atom. The van der Waals surface area contributed by atoms with Crippen LogP contribution >= 0.6 is 11.6 Å². The molecule has 0 bridgehead atoms. The zero-order chi connectivity index (χ0) is 39.1. The van der Waals surface area contributed by atoms with E-state index in [4.69, 9.17) is 42.1 Å². The number of aromatic carboxylic acids is 1. The van der Waals surface area contributed by atoms with Crippen LogP contribution in [-0.2, 0) is 18.9 Å². The van der Waals surface area contributed by atoms with Crippen molar-refractivity contribution in [2.24, 2.45) is 0 Å². The molecule has 1 fully saturated rings. The van der Waals surface area contributed by atoms with E-state index >= 15 is 0 Å². The third kappa shape index (κ3) is 24.9. The smallest absolute Gasteiger partial charge is 0.870 e. The van der Waals surface area contributed by atoms with Gasteiger partial charge in [-0.05, 0) is 57.8 Å². The molecule has 0 amide bonds. The van der Waals surface area contributed by atoms with Crippen molar-refractivity contribution in [1.29, 1.82) is 0 Å².